The summed E-state index contributed by atoms with van der Waals surface area (Å²) in [6, 6.07) is 0.480. The topological polar surface area (TPSA) is 64.7 Å². The number of nitrogens with one attached hydrogen (secondary N) is 2. The van der Waals surface area contributed by atoms with Gasteiger partial charge in [-0.3, -0.25) is 10.2 Å². The van der Waals surface area contributed by atoms with Crippen molar-refractivity contribution in [3.05, 3.63) is 0 Å². The molecule has 0 radical (unpaired) electrons. The van der Waals surface area contributed by atoms with Crippen LogP contribution in [0.25, 0.3) is 0 Å². The van der Waals surface area contributed by atoms with Crippen LogP contribution in [-0.2, 0) is 9.84 Å². The van der Waals surface area contributed by atoms with Gasteiger partial charge in [0.2, 0.25) is 0 Å². The minimum absolute atomic E-state index is 0.108. The standard InChI is InChI=1S/C16H32N4O2S/c1-19-7-9-20(10-8-19)16-12-17-11-15(18-16)13-3-5-14(6-4-13)23(2,21)22/h13-18H,3-12H2,1-2H3. The van der Waals surface area contributed by atoms with Gasteiger partial charge in [-0.2, -0.15) is 0 Å². The Kier molecular flexibility index (Phi) is 5.63. The molecule has 0 aromatic rings. The van der Waals surface area contributed by atoms with Crippen LogP contribution in [0.5, 0.6) is 0 Å². The van der Waals surface area contributed by atoms with Crippen LogP contribution in [-0.4, -0.2) is 88.2 Å². The zero-order valence-corrected chi connectivity index (χ0v) is 15.3. The molecule has 134 valence electrons. The summed E-state index contributed by atoms with van der Waals surface area (Å²) in [5.74, 6) is 0.607. The summed E-state index contributed by atoms with van der Waals surface area (Å²) in [5, 5.41) is 7.35. The molecule has 3 aliphatic rings. The van der Waals surface area contributed by atoms with Crippen molar-refractivity contribution in [2.45, 2.75) is 43.1 Å². The summed E-state index contributed by atoms with van der Waals surface area (Å²) in [6.45, 7) is 6.56. The van der Waals surface area contributed by atoms with E-state index in [-0.39, 0.29) is 5.25 Å². The van der Waals surface area contributed by atoms with E-state index in [1.807, 2.05) is 0 Å². The third kappa shape index (κ3) is 4.45. The lowest BCUT2D eigenvalue weighted by Crippen LogP contribution is -2.65. The second-order valence-electron chi connectivity index (χ2n) is 7.65. The van der Waals surface area contributed by atoms with Gasteiger partial charge in [0, 0.05) is 51.6 Å². The second-order valence-corrected chi connectivity index (χ2v) is 9.98. The van der Waals surface area contributed by atoms with Crippen molar-refractivity contribution in [2.75, 3.05) is 52.6 Å². The van der Waals surface area contributed by atoms with E-state index < -0.39 is 9.84 Å². The van der Waals surface area contributed by atoms with E-state index in [1.54, 1.807) is 0 Å². The van der Waals surface area contributed by atoms with Gasteiger partial charge >= 0.3 is 0 Å². The van der Waals surface area contributed by atoms with E-state index in [0.29, 0.717) is 18.1 Å². The van der Waals surface area contributed by atoms with Gasteiger partial charge in [-0.05, 0) is 38.6 Å². The maximum absolute atomic E-state index is 11.7. The lowest BCUT2D eigenvalue weighted by atomic mass is 9.83. The maximum atomic E-state index is 11.7. The quantitative estimate of drug-likeness (QED) is 0.735. The monoisotopic (exact) mass is 344 g/mol. The summed E-state index contributed by atoms with van der Waals surface area (Å²) in [7, 11) is -0.675. The van der Waals surface area contributed by atoms with Crippen LogP contribution in [0.2, 0.25) is 0 Å². The van der Waals surface area contributed by atoms with Gasteiger partial charge in [0.05, 0.1) is 11.4 Å². The summed E-state index contributed by atoms with van der Waals surface area (Å²) < 4.78 is 23.4. The summed E-state index contributed by atoms with van der Waals surface area (Å²) in [6.07, 6.45) is 5.55. The van der Waals surface area contributed by atoms with Crippen LogP contribution in [0.4, 0.5) is 0 Å². The maximum Gasteiger partial charge on any atom is 0.150 e. The highest BCUT2D eigenvalue weighted by Crippen LogP contribution is 2.31. The summed E-state index contributed by atoms with van der Waals surface area (Å²) >= 11 is 0. The van der Waals surface area contributed by atoms with Gasteiger partial charge in [0.25, 0.3) is 0 Å². The van der Waals surface area contributed by atoms with Crippen molar-refractivity contribution in [3.8, 4) is 0 Å². The fraction of sp³-hybridized carbons (Fsp3) is 1.00. The zero-order valence-electron chi connectivity index (χ0n) is 14.5. The molecule has 0 spiro atoms. The molecule has 3 rings (SSSR count). The van der Waals surface area contributed by atoms with Crippen molar-refractivity contribution in [1.82, 2.24) is 20.4 Å². The number of hydrogen-bond acceptors (Lipinski definition) is 6. The van der Waals surface area contributed by atoms with E-state index in [2.05, 4.69) is 27.5 Å². The Morgan fingerprint density at radius 1 is 0.957 bits per heavy atom. The molecule has 2 N–H and O–H groups in total. The molecule has 2 saturated heterocycles. The smallest absolute Gasteiger partial charge is 0.150 e. The van der Waals surface area contributed by atoms with Crippen LogP contribution >= 0.6 is 0 Å². The minimum Gasteiger partial charge on any atom is -0.312 e. The van der Waals surface area contributed by atoms with Crippen LogP contribution < -0.4 is 10.6 Å². The van der Waals surface area contributed by atoms with E-state index in [0.717, 1.165) is 65.0 Å². The Balaban J connectivity index is 1.51. The molecule has 1 aliphatic carbocycles. The highest BCUT2D eigenvalue weighted by Gasteiger charge is 2.35. The third-order valence-corrected chi connectivity index (χ3v) is 7.66. The van der Waals surface area contributed by atoms with Crippen LogP contribution in [0.15, 0.2) is 0 Å². The first-order valence-corrected chi connectivity index (χ1v) is 11.0. The SMILES string of the molecule is CN1CCN(C2CNCC(C3CCC(S(C)(=O)=O)CC3)N2)CC1. The van der Waals surface area contributed by atoms with E-state index in [4.69, 9.17) is 0 Å². The molecular weight excluding hydrogens is 312 g/mol. The Labute approximate surface area is 140 Å². The van der Waals surface area contributed by atoms with Crippen molar-refractivity contribution >= 4 is 9.84 Å². The largest absolute Gasteiger partial charge is 0.312 e. The van der Waals surface area contributed by atoms with Crippen LogP contribution in [0.1, 0.15) is 25.7 Å². The highest BCUT2D eigenvalue weighted by atomic mass is 32.2. The summed E-state index contributed by atoms with van der Waals surface area (Å²) in [4.78, 5) is 4.94. The molecule has 7 heteroatoms. The molecule has 23 heavy (non-hydrogen) atoms. The number of hydrogen-bond donors (Lipinski definition) is 2. The molecule has 0 amide bonds. The predicted octanol–water partition coefficient (Wildman–Crippen LogP) is -0.275. The number of likely N-dealkylation sites (N-methyl/N-ethyl adjacent to an activating group) is 1. The fourth-order valence-corrected chi connectivity index (χ4v) is 5.46. The average Bonchev–Trinajstić information content (AvgIpc) is 2.55. The zero-order chi connectivity index (χ0) is 16.4. The van der Waals surface area contributed by atoms with Gasteiger partial charge in [-0.15, -0.1) is 0 Å². The molecule has 6 nitrogen and oxygen atoms in total. The molecule has 2 aliphatic heterocycles. The number of piperazine rings is 2. The number of rotatable bonds is 3. The van der Waals surface area contributed by atoms with Crippen molar-refractivity contribution in [1.29, 1.82) is 0 Å². The van der Waals surface area contributed by atoms with Gasteiger partial charge in [0.1, 0.15) is 9.84 Å². The van der Waals surface area contributed by atoms with Crippen molar-refractivity contribution in [2.24, 2.45) is 5.92 Å². The molecule has 0 bridgehead atoms. The van der Waals surface area contributed by atoms with Gasteiger partial charge in [-0.1, -0.05) is 0 Å². The normalized spacial score (nSPS) is 38.5. The number of nitrogens with zero attached hydrogens (tertiary/aromatic N) is 2. The predicted molar refractivity (Wildman–Crippen MR) is 93.2 cm³/mol. The Morgan fingerprint density at radius 2 is 1.61 bits per heavy atom. The molecular formula is C16H32N4O2S. The van der Waals surface area contributed by atoms with Crippen LogP contribution in [0.3, 0.4) is 0 Å². The Bertz CT molecular complexity index is 482. The molecule has 0 aromatic heterocycles. The van der Waals surface area contributed by atoms with E-state index in [1.165, 1.54) is 6.26 Å². The molecule has 0 aromatic carbocycles. The first-order chi connectivity index (χ1) is 10.9. The second kappa shape index (κ2) is 7.35. The molecule has 2 atom stereocenters. The first kappa shape index (κ1) is 17.6. The molecule has 2 heterocycles. The lowest BCUT2D eigenvalue weighted by Gasteiger charge is -2.45. The van der Waals surface area contributed by atoms with Gasteiger partial charge < -0.3 is 10.2 Å². The third-order valence-electron chi connectivity index (χ3n) is 5.98. The Hall–Kier alpha value is -0.210. The minimum atomic E-state index is -2.86. The number of sulfone groups is 1. The van der Waals surface area contributed by atoms with Gasteiger partial charge in [0.15, 0.2) is 0 Å². The fourth-order valence-electron chi connectivity index (χ4n) is 4.33. The molecule has 2 unspecified atom stereocenters. The first-order valence-electron chi connectivity index (χ1n) is 9.01. The van der Waals surface area contributed by atoms with E-state index >= 15 is 0 Å². The van der Waals surface area contributed by atoms with Gasteiger partial charge in [-0.25, -0.2) is 8.42 Å². The highest BCUT2D eigenvalue weighted by molar-refractivity contribution is 7.91. The lowest BCUT2D eigenvalue weighted by molar-refractivity contribution is 0.0624. The summed E-state index contributed by atoms with van der Waals surface area (Å²) in [5.41, 5.74) is 0. The molecule has 3 fully saturated rings. The van der Waals surface area contributed by atoms with Crippen molar-refractivity contribution < 1.29 is 8.42 Å². The Morgan fingerprint density at radius 3 is 2.22 bits per heavy atom. The van der Waals surface area contributed by atoms with Crippen molar-refractivity contribution in [3.63, 3.8) is 0 Å². The van der Waals surface area contributed by atoms with E-state index in [9.17, 15) is 8.42 Å². The van der Waals surface area contributed by atoms with Crippen LogP contribution in [0, 0.1) is 5.92 Å². The molecule has 1 saturated carbocycles. The average molecular weight is 345 g/mol.